The molecule has 0 aromatic heterocycles. The molecule has 0 spiro atoms. The van der Waals surface area contributed by atoms with E-state index in [-0.39, 0.29) is 5.38 Å². The van der Waals surface area contributed by atoms with Crippen molar-refractivity contribution < 1.29 is 9.47 Å². The van der Waals surface area contributed by atoms with E-state index in [2.05, 4.69) is 15.9 Å². The Morgan fingerprint density at radius 2 is 1.76 bits per heavy atom. The molecular formula is C16H15BrCl2O2. The van der Waals surface area contributed by atoms with Gasteiger partial charge in [-0.15, -0.1) is 11.6 Å². The van der Waals surface area contributed by atoms with Gasteiger partial charge in [-0.05, 0) is 35.7 Å². The van der Waals surface area contributed by atoms with Gasteiger partial charge in [0.15, 0.2) is 11.5 Å². The van der Waals surface area contributed by atoms with E-state index in [0.717, 1.165) is 15.6 Å². The van der Waals surface area contributed by atoms with E-state index in [1.165, 1.54) is 0 Å². The lowest BCUT2D eigenvalue weighted by molar-refractivity contribution is 0.354. The number of alkyl halides is 1. The molecular weight excluding hydrogens is 375 g/mol. The van der Waals surface area contributed by atoms with Crippen LogP contribution in [0.4, 0.5) is 0 Å². The Morgan fingerprint density at radius 1 is 1.10 bits per heavy atom. The third-order valence-corrected chi connectivity index (χ3v) is 4.35. The van der Waals surface area contributed by atoms with Gasteiger partial charge in [0.05, 0.1) is 19.6 Å². The van der Waals surface area contributed by atoms with Crippen LogP contribution in [-0.4, -0.2) is 14.2 Å². The standard InChI is InChI=1S/C16H15BrCl2O2/c1-20-15-8-12(14(19)9-16(15)21-2)13(18)7-10-4-3-5-11(17)6-10/h3-6,8-9,13H,7H2,1-2H3. The zero-order chi connectivity index (χ0) is 15.4. The summed E-state index contributed by atoms with van der Waals surface area (Å²) in [6, 6.07) is 11.6. The molecule has 0 heterocycles. The molecule has 2 nitrogen and oxygen atoms in total. The Balaban J connectivity index is 2.28. The van der Waals surface area contributed by atoms with E-state index in [4.69, 9.17) is 32.7 Å². The van der Waals surface area contributed by atoms with Gasteiger partial charge >= 0.3 is 0 Å². The summed E-state index contributed by atoms with van der Waals surface area (Å²) in [7, 11) is 3.17. The van der Waals surface area contributed by atoms with Crippen molar-refractivity contribution in [1.29, 1.82) is 0 Å². The minimum Gasteiger partial charge on any atom is -0.493 e. The first kappa shape index (κ1) is 16.5. The number of ether oxygens (including phenoxy) is 2. The molecule has 2 aromatic rings. The zero-order valence-corrected chi connectivity index (χ0v) is 14.8. The van der Waals surface area contributed by atoms with E-state index in [9.17, 15) is 0 Å². The quantitative estimate of drug-likeness (QED) is 0.615. The molecule has 0 saturated heterocycles. The van der Waals surface area contributed by atoms with Gasteiger partial charge in [-0.25, -0.2) is 0 Å². The average molecular weight is 390 g/mol. The Hall–Kier alpha value is -0.900. The summed E-state index contributed by atoms with van der Waals surface area (Å²) in [4.78, 5) is 0. The SMILES string of the molecule is COc1cc(Cl)c(C(Cl)Cc2cccc(Br)c2)cc1OC. The molecule has 0 amide bonds. The minimum absolute atomic E-state index is 0.244. The van der Waals surface area contributed by atoms with Gasteiger partial charge in [0.1, 0.15) is 0 Å². The molecule has 0 fully saturated rings. The van der Waals surface area contributed by atoms with Crippen molar-refractivity contribution in [3.63, 3.8) is 0 Å². The van der Waals surface area contributed by atoms with Crippen molar-refractivity contribution >= 4 is 39.1 Å². The maximum atomic E-state index is 6.53. The summed E-state index contributed by atoms with van der Waals surface area (Å²) < 4.78 is 11.6. The highest BCUT2D eigenvalue weighted by Gasteiger charge is 2.17. The Kier molecular flexibility index (Phi) is 5.80. The highest BCUT2D eigenvalue weighted by atomic mass is 79.9. The lowest BCUT2D eigenvalue weighted by Crippen LogP contribution is -1.99. The Bertz CT molecular complexity index is 632. The van der Waals surface area contributed by atoms with Crippen LogP contribution in [0.2, 0.25) is 5.02 Å². The molecule has 0 bridgehead atoms. The van der Waals surface area contributed by atoms with E-state index in [1.54, 1.807) is 20.3 Å². The third kappa shape index (κ3) is 4.06. The van der Waals surface area contributed by atoms with E-state index in [1.807, 2.05) is 30.3 Å². The van der Waals surface area contributed by atoms with E-state index < -0.39 is 0 Å². The van der Waals surface area contributed by atoms with Crippen molar-refractivity contribution in [3.05, 3.63) is 57.0 Å². The fraction of sp³-hybridized carbons (Fsp3) is 0.250. The predicted octanol–water partition coefficient (Wildman–Crippen LogP) is 5.64. The van der Waals surface area contributed by atoms with Gasteiger partial charge in [-0.2, -0.15) is 0 Å². The van der Waals surface area contributed by atoms with Crippen LogP contribution in [-0.2, 0) is 6.42 Å². The van der Waals surface area contributed by atoms with Crippen LogP contribution in [0.25, 0.3) is 0 Å². The number of rotatable bonds is 5. The summed E-state index contributed by atoms with van der Waals surface area (Å²) >= 11 is 16.3. The molecule has 0 radical (unpaired) electrons. The van der Waals surface area contributed by atoms with Crippen LogP contribution in [0, 0.1) is 0 Å². The maximum Gasteiger partial charge on any atom is 0.162 e. The smallest absolute Gasteiger partial charge is 0.162 e. The average Bonchev–Trinajstić information content (AvgIpc) is 2.46. The summed E-state index contributed by atoms with van der Waals surface area (Å²) in [6.45, 7) is 0. The van der Waals surface area contributed by atoms with Crippen molar-refractivity contribution in [2.45, 2.75) is 11.8 Å². The first-order chi connectivity index (χ1) is 10.0. The van der Waals surface area contributed by atoms with Crippen molar-refractivity contribution in [2.75, 3.05) is 14.2 Å². The highest BCUT2D eigenvalue weighted by Crippen LogP contribution is 2.39. The monoisotopic (exact) mass is 388 g/mol. The summed E-state index contributed by atoms with van der Waals surface area (Å²) in [5.74, 6) is 1.22. The lowest BCUT2D eigenvalue weighted by Gasteiger charge is -2.15. The molecule has 0 aliphatic carbocycles. The van der Waals surface area contributed by atoms with Crippen LogP contribution in [0.5, 0.6) is 11.5 Å². The van der Waals surface area contributed by atoms with Crippen LogP contribution in [0.15, 0.2) is 40.9 Å². The van der Waals surface area contributed by atoms with Gasteiger partial charge in [0.2, 0.25) is 0 Å². The summed E-state index contributed by atoms with van der Waals surface area (Å²) in [5.41, 5.74) is 1.96. The number of hydrogen-bond acceptors (Lipinski definition) is 2. The molecule has 1 unspecified atom stereocenters. The predicted molar refractivity (Wildman–Crippen MR) is 91.0 cm³/mol. The van der Waals surface area contributed by atoms with Crippen molar-refractivity contribution in [1.82, 2.24) is 0 Å². The van der Waals surface area contributed by atoms with Crippen LogP contribution in [0.3, 0.4) is 0 Å². The fourth-order valence-electron chi connectivity index (χ4n) is 2.09. The molecule has 0 N–H and O–H groups in total. The molecule has 5 heteroatoms. The van der Waals surface area contributed by atoms with Crippen LogP contribution in [0.1, 0.15) is 16.5 Å². The van der Waals surface area contributed by atoms with Gasteiger partial charge in [-0.3, -0.25) is 0 Å². The molecule has 112 valence electrons. The maximum absolute atomic E-state index is 6.53. The van der Waals surface area contributed by atoms with E-state index in [0.29, 0.717) is 22.9 Å². The molecule has 2 rings (SSSR count). The third-order valence-electron chi connectivity index (χ3n) is 3.14. The second-order valence-electron chi connectivity index (χ2n) is 4.53. The molecule has 21 heavy (non-hydrogen) atoms. The molecule has 0 aliphatic rings. The van der Waals surface area contributed by atoms with Gasteiger partial charge < -0.3 is 9.47 Å². The molecule has 1 atom stereocenters. The number of hydrogen-bond donors (Lipinski definition) is 0. The second-order valence-corrected chi connectivity index (χ2v) is 6.38. The zero-order valence-electron chi connectivity index (χ0n) is 11.7. The topological polar surface area (TPSA) is 18.5 Å². The largest absolute Gasteiger partial charge is 0.493 e. The number of methoxy groups -OCH3 is 2. The van der Waals surface area contributed by atoms with Gasteiger partial charge in [0, 0.05) is 15.6 Å². The first-order valence-corrected chi connectivity index (χ1v) is 7.95. The second kappa shape index (κ2) is 7.39. The lowest BCUT2D eigenvalue weighted by atomic mass is 10.0. The van der Waals surface area contributed by atoms with Crippen LogP contribution < -0.4 is 9.47 Å². The normalized spacial score (nSPS) is 12.0. The van der Waals surface area contributed by atoms with Crippen molar-refractivity contribution in [2.24, 2.45) is 0 Å². The van der Waals surface area contributed by atoms with Gasteiger partial charge in [-0.1, -0.05) is 39.7 Å². The number of benzene rings is 2. The Morgan fingerprint density at radius 3 is 2.38 bits per heavy atom. The number of halogens is 3. The molecule has 0 aliphatic heterocycles. The molecule has 2 aromatic carbocycles. The summed E-state index contributed by atoms with van der Waals surface area (Å²) in [5, 5.41) is 0.328. The fourth-order valence-corrected chi connectivity index (χ4v) is 3.24. The Labute approximate surface area is 143 Å². The first-order valence-electron chi connectivity index (χ1n) is 6.35. The van der Waals surface area contributed by atoms with Crippen LogP contribution >= 0.6 is 39.1 Å². The van der Waals surface area contributed by atoms with E-state index >= 15 is 0 Å². The highest BCUT2D eigenvalue weighted by molar-refractivity contribution is 9.10. The minimum atomic E-state index is -0.244. The van der Waals surface area contributed by atoms with Crippen molar-refractivity contribution in [3.8, 4) is 11.5 Å². The molecule has 0 saturated carbocycles. The van der Waals surface area contributed by atoms with Gasteiger partial charge in [0.25, 0.3) is 0 Å². The summed E-state index contributed by atoms with van der Waals surface area (Å²) in [6.07, 6.45) is 0.677.